The van der Waals surface area contributed by atoms with Gasteiger partial charge < -0.3 is 10.6 Å². The number of rotatable bonds is 8. The molecule has 1 unspecified atom stereocenters. The highest BCUT2D eigenvalue weighted by atomic mass is 15.1. The number of nitrogens with zero attached hydrogens (tertiary/aromatic N) is 2. The molecule has 0 amide bonds. The Labute approximate surface area is 111 Å². The Morgan fingerprint density at radius 3 is 2.56 bits per heavy atom. The van der Waals surface area contributed by atoms with Gasteiger partial charge in [0.1, 0.15) is 18.0 Å². The van der Waals surface area contributed by atoms with E-state index in [4.69, 9.17) is 0 Å². The van der Waals surface area contributed by atoms with Crippen molar-refractivity contribution in [3.8, 4) is 0 Å². The second kappa shape index (κ2) is 7.90. The number of nitrogens with one attached hydrogen (secondary N) is 2. The van der Waals surface area contributed by atoms with Crippen molar-refractivity contribution in [3.05, 3.63) is 11.9 Å². The van der Waals surface area contributed by atoms with Crippen LogP contribution in [0.25, 0.3) is 0 Å². The summed E-state index contributed by atoms with van der Waals surface area (Å²) in [6.45, 7) is 9.45. The molecule has 102 valence electrons. The Morgan fingerprint density at radius 1 is 1.17 bits per heavy atom. The van der Waals surface area contributed by atoms with Crippen LogP contribution >= 0.6 is 0 Å². The first kappa shape index (κ1) is 14.7. The van der Waals surface area contributed by atoms with Crippen molar-refractivity contribution in [2.45, 2.75) is 59.4 Å². The van der Waals surface area contributed by atoms with Crippen LogP contribution in [0.2, 0.25) is 0 Å². The van der Waals surface area contributed by atoms with Crippen LogP contribution in [0.4, 0.5) is 11.6 Å². The average molecular weight is 250 g/mol. The predicted octanol–water partition coefficient (Wildman–Crippen LogP) is 3.60. The third-order valence-electron chi connectivity index (χ3n) is 3.05. The highest BCUT2D eigenvalue weighted by Gasteiger charge is 2.08. The molecule has 1 heterocycles. The van der Waals surface area contributed by atoms with E-state index in [1.807, 2.05) is 0 Å². The van der Waals surface area contributed by atoms with Crippen LogP contribution < -0.4 is 10.6 Å². The molecule has 0 radical (unpaired) electrons. The molecule has 0 saturated carbocycles. The smallest absolute Gasteiger partial charge is 0.134 e. The molecule has 4 heteroatoms. The lowest BCUT2D eigenvalue weighted by Crippen LogP contribution is -2.17. The van der Waals surface area contributed by atoms with Crippen LogP contribution in [-0.4, -0.2) is 22.6 Å². The summed E-state index contributed by atoms with van der Waals surface area (Å²) in [4.78, 5) is 8.58. The number of hydrogen-bond donors (Lipinski definition) is 2. The second-order valence-corrected chi connectivity index (χ2v) is 4.77. The minimum atomic E-state index is 0.458. The van der Waals surface area contributed by atoms with Crippen LogP contribution in [0.3, 0.4) is 0 Å². The van der Waals surface area contributed by atoms with Crippen molar-refractivity contribution in [1.82, 2.24) is 9.97 Å². The van der Waals surface area contributed by atoms with Crippen molar-refractivity contribution in [1.29, 1.82) is 0 Å². The summed E-state index contributed by atoms with van der Waals surface area (Å²) in [5.74, 6) is 1.88. The molecule has 0 bridgehead atoms. The summed E-state index contributed by atoms with van der Waals surface area (Å²) in [5.41, 5.74) is 1.10. The molecule has 2 N–H and O–H groups in total. The SMILES string of the molecule is CCCCCC(C)Nc1ncnc(NCC)c1C. The molecular weight excluding hydrogens is 224 g/mol. The van der Waals surface area contributed by atoms with Gasteiger partial charge in [-0.3, -0.25) is 0 Å². The maximum atomic E-state index is 4.33. The fraction of sp³-hybridized carbons (Fsp3) is 0.714. The van der Waals surface area contributed by atoms with Gasteiger partial charge in [-0.2, -0.15) is 0 Å². The van der Waals surface area contributed by atoms with Crippen LogP contribution in [0.15, 0.2) is 6.33 Å². The van der Waals surface area contributed by atoms with Crippen molar-refractivity contribution >= 4 is 11.6 Å². The Kier molecular flexibility index (Phi) is 6.47. The first-order chi connectivity index (χ1) is 8.69. The molecule has 0 aliphatic carbocycles. The normalized spacial score (nSPS) is 12.2. The molecule has 0 aromatic carbocycles. The topological polar surface area (TPSA) is 49.8 Å². The van der Waals surface area contributed by atoms with Gasteiger partial charge in [-0.25, -0.2) is 9.97 Å². The average Bonchev–Trinajstić information content (AvgIpc) is 2.35. The lowest BCUT2D eigenvalue weighted by Gasteiger charge is -2.17. The van der Waals surface area contributed by atoms with Gasteiger partial charge in [0, 0.05) is 18.2 Å². The second-order valence-electron chi connectivity index (χ2n) is 4.77. The molecule has 1 aromatic rings. The van der Waals surface area contributed by atoms with Gasteiger partial charge in [0.05, 0.1) is 0 Å². The minimum absolute atomic E-state index is 0.458. The fourth-order valence-electron chi connectivity index (χ4n) is 1.95. The molecule has 0 saturated heterocycles. The molecule has 18 heavy (non-hydrogen) atoms. The maximum absolute atomic E-state index is 4.33. The van der Waals surface area contributed by atoms with Crippen molar-refractivity contribution in [3.63, 3.8) is 0 Å². The van der Waals surface area contributed by atoms with E-state index in [0.29, 0.717) is 6.04 Å². The van der Waals surface area contributed by atoms with E-state index in [1.165, 1.54) is 25.7 Å². The third-order valence-corrected chi connectivity index (χ3v) is 3.05. The van der Waals surface area contributed by atoms with Crippen LogP contribution in [0, 0.1) is 6.92 Å². The first-order valence-electron chi connectivity index (χ1n) is 7.01. The zero-order valence-electron chi connectivity index (χ0n) is 12.1. The Morgan fingerprint density at radius 2 is 1.89 bits per heavy atom. The van der Waals surface area contributed by atoms with Crippen LogP contribution in [-0.2, 0) is 0 Å². The Balaban J connectivity index is 2.58. The van der Waals surface area contributed by atoms with Crippen molar-refractivity contribution in [2.24, 2.45) is 0 Å². The van der Waals surface area contributed by atoms with Gasteiger partial charge in [-0.15, -0.1) is 0 Å². The summed E-state index contributed by atoms with van der Waals surface area (Å²) < 4.78 is 0. The lowest BCUT2D eigenvalue weighted by molar-refractivity contribution is 0.613. The van der Waals surface area contributed by atoms with E-state index in [1.54, 1.807) is 6.33 Å². The van der Waals surface area contributed by atoms with Gasteiger partial charge >= 0.3 is 0 Å². The van der Waals surface area contributed by atoms with Gasteiger partial charge in [-0.05, 0) is 27.2 Å². The number of hydrogen-bond acceptors (Lipinski definition) is 4. The van der Waals surface area contributed by atoms with Gasteiger partial charge in [0.25, 0.3) is 0 Å². The highest BCUT2D eigenvalue weighted by Crippen LogP contribution is 2.19. The Bertz CT molecular complexity index is 352. The number of unbranched alkanes of at least 4 members (excludes halogenated alkanes) is 2. The molecule has 1 atom stereocenters. The monoisotopic (exact) mass is 250 g/mol. The van der Waals surface area contributed by atoms with Crippen LogP contribution in [0.1, 0.15) is 52.0 Å². The van der Waals surface area contributed by atoms with E-state index < -0.39 is 0 Å². The summed E-state index contributed by atoms with van der Waals surface area (Å²) >= 11 is 0. The molecule has 0 aliphatic heterocycles. The van der Waals surface area contributed by atoms with Gasteiger partial charge in [0.15, 0.2) is 0 Å². The third kappa shape index (κ3) is 4.51. The zero-order chi connectivity index (χ0) is 13.4. The molecule has 0 fully saturated rings. The highest BCUT2D eigenvalue weighted by molar-refractivity contribution is 5.56. The van der Waals surface area contributed by atoms with Crippen LogP contribution in [0.5, 0.6) is 0 Å². The van der Waals surface area contributed by atoms with E-state index in [2.05, 4.69) is 48.3 Å². The quantitative estimate of drug-likeness (QED) is 0.692. The lowest BCUT2D eigenvalue weighted by atomic mass is 10.1. The standard InChI is InChI=1S/C14H26N4/c1-5-7-8-9-11(3)18-14-12(4)13(15-6-2)16-10-17-14/h10-11H,5-9H2,1-4H3,(H2,15,16,17,18). The molecule has 0 aliphatic rings. The van der Waals surface area contributed by atoms with E-state index >= 15 is 0 Å². The molecule has 4 nitrogen and oxygen atoms in total. The first-order valence-corrected chi connectivity index (χ1v) is 7.01. The molecule has 1 aromatic heterocycles. The minimum Gasteiger partial charge on any atom is -0.370 e. The molecular formula is C14H26N4. The molecule has 1 rings (SSSR count). The summed E-state index contributed by atoms with van der Waals surface area (Å²) in [7, 11) is 0. The zero-order valence-corrected chi connectivity index (χ0v) is 12.1. The van der Waals surface area contributed by atoms with Crippen molar-refractivity contribution < 1.29 is 0 Å². The predicted molar refractivity (Wildman–Crippen MR) is 78.2 cm³/mol. The molecule has 0 spiro atoms. The summed E-state index contributed by atoms with van der Waals surface area (Å²) in [5, 5.41) is 6.73. The van der Waals surface area contributed by atoms with Crippen molar-refractivity contribution in [2.75, 3.05) is 17.2 Å². The Hall–Kier alpha value is -1.32. The summed E-state index contributed by atoms with van der Waals surface area (Å²) in [6.07, 6.45) is 6.65. The van der Waals surface area contributed by atoms with E-state index in [-0.39, 0.29) is 0 Å². The van der Waals surface area contributed by atoms with Gasteiger partial charge in [0.2, 0.25) is 0 Å². The largest absolute Gasteiger partial charge is 0.370 e. The number of anilines is 2. The van der Waals surface area contributed by atoms with E-state index in [0.717, 1.165) is 23.7 Å². The number of aromatic nitrogens is 2. The summed E-state index contributed by atoms with van der Waals surface area (Å²) in [6, 6.07) is 0.458. The fourth-order valence-corrected chi connectivity index (χ4v) is 1.95. The maximum Gasteiger partial charge on any atom is 0.134 e. The van der Waals surface area contributed by atoms with E-state index in [9.17, 15) is 0 Å². The van der Waals surface area contributed by atoms with Gasteiger partial charge in [-0.1, -0.05) is 26.2 Å².